The van der Waals surface area contributed by atoms with Gasteiger partial charge in [-0.15, -0.1) is 0 Å². The van der Waals surface area contributed by atoms with Gasteiger partial charge in [-0.05, 0) is 35.9 Å². The van der Waals surface area contributed by atoms with E-state index in [1.54, 1.807) is 4.90 Å². The van der Waals surface area contributed by atoms with E-state index in [0.717, 1.165) is 22.3 Å². The van der Waals surface area contributed by atoms with Crippen LogP contribution in [0.1, 0.15) is 21.8 Å². The van der Waals surface area contributed by atoms with Crippen molar-refractivity contribution in [2.45, 2.75) is 5.92 Å². The Bertz CT molecular complexity index is 1410. The van der Waals surface area contributed by atoms with Crippen molar-refractivity contribution in [1.82, 2.24) is 14.9 Å². The van der Waals surface area contributed by atoms with Crippen LogP contribution in [0.25, 0.3) is 10.9 Å². The fourth-order valence-electron chi connectivity index (χ4n) is 4.57. The Morgan fingerprint density at radius 1 is 1.17 bits per heavy atom. The fourth-order valence-corrected chi connectivity index (χ4v) is 4.57. The van der Waals surface area contributed by atoms with Crippen molar-refractivity contribution < 1.29 is 14.3 Å². The average molecular weight is 485 g/mol. The first-order chi connectivity index (χ1) is 17.4. The Labute approximate surface area is 208 Å². The summed E-state index contributed by atoms with van der Waals surface area (Å²) in [6.07, 6.45) is 3.39. The van der Waals surface area contributed by atoms with Gasteiger partial charge >= 0.3 is 0 Å². The second-order valence-electron chi connectivity index (χ2n) is 8.90. The molecule has 9 heteroatoms. The first kappa shape index (κ1) is 23.4. The number of pyridine rings is 1. The molecule has 184 valence electrons. The first-order valence-electron chi connectivity index (χ1n) is 11.7. The van der Waals surface area contributed by atoms with Crippen LogP contribution in [0.3, 0.4) is 0 Å². The molecule has 9 nitrogen and oxygen atoms in total. The highest BCUT2D eigenvalue weighted by Crippen LogP contribution is 2.34. The quantitative estimate of drug-likeness (QED) is 0.351. The topological polar surface area (TPSA) is 117 Å². The summed E-state index contributed by atoms with van der Waals surface area (Å²) in [7, 11) is 3.43. The monoisotopic (exact) mass is 484 g/mol. The zero-order chi connectivity index (χ0) is 25.2. The number of nitrogens with zero attached hydrogens (tertiary/aromatic N) is 3. The van der Waals surface area contributed by atoms with Crippen LogP contribution in [0.5, 0.6) is 0 Å². The molecule has 0 bridgehead atoms. The minimum Gasteiger partial charge on any atom is -0.375 e. The maximum absolute atomic E-state index is 12.2. The number of primary amides is 1. The standard InChI is InChI=1S/C27H28N6O3/c1-32(23-5-3-4-22-20(23)10-11-29-22)24-12-25(30-13-21(24)27(28)35)31-19-8-6-17(7-9-19)18-14-33(15-18)26(34)16-36-2/h3-13,18,29H,14-16H2,1-2H3,(H2,28,35)(H,30,31). The molecule has 1 aliphatic heterocycles. The third kappa shape index (κ3) is 4.48. The SMILES string of the molecule is COCC(=O)N1CC(c2ccc(Nc3cc(N(C)c4cccc5[nH]ccc45)c(C(N)=O)cn3)cc2)C1. The Morgan fingerprint density at radius 3 is 2.67 bits per heavy atom. The number of fused-ring (bicyclic) bond motifs is 1. The number of aromatic nitrogens is 2. The molecule has 0 spiro atoms. The zero-order valence-corrected chi connectivity index (χ0v) is 20.2. The van der Waals surface area contributed by atoms with Gasteiger partial charge in [-0.3, -0.25) is 9.59 Å². The van der Waals surface area contributed by atoms with E-state index in [1.807, 2.05) is 60.6 Å². The molecule has 2 amide bonds. The number of likely N-dealkylation sites (tertiary alicyclic amines) is 1. The molecule has 1 aliphatic rings. The van der Waals surface area contributed by atoms with Crippen LogP contribution in [-0.2, 0) is 9.53 Å². The van der Waals surface area contributed by atoms with Gasteiger partial charge < -0.3 is 30.6 Å². The summed E-state index contributed by atoms with van der Waals surface area (Å²) in [4.78, 5) is 35.4. The average Bonchev–Trinajstić information content (AvgIpc) is 3.33. The Hall–Kier alpha value is -4.37. The molecule has 36 heavy (non-hydrogen) atoms. The van der Waals surface area contributed by atoms with Crippen molar-refractivity contribution in [1.29, 1.82) is 0 Å². The van der Waals surface area contributed by atoms with Gasteiger partial charge in [-0.25, -0.2) is 4.98 Å². The predicted molar refractivity (Wildman–Crippen MR) is 140 cm³/mol. The van der Waals surface area contributed by atoms with Gasteiger partial charge in [0.15, 0.2) is 0 Å². The molecular formula is C27H28N6O3. The third-order valence-electron chi connectivity index (χ3n) is 6.60. The van der Waals surface area contributed by atoms with Crippen molar-refractivity contribution in [3.05, 3.63) is 78.1 Å². The van der Waals surface area contributed by atoms with E-state index in [1.165, 1.54) is 18.9 Å². The van der Waals surface area contributed by atoms with E-state index < -0.39 is 5.91 Å². The summed E-state index contributed by atoms with van der Waals surface area (Å²) < 4.78 is 4.92. The van der Waals surface area contributed by atoms with Gasteiger partial charge in [0.05, 0.1) is 16.9 Å². The smallest absolute Gasteiger partial charge is 0.252 e. The number of nitrogens with two attached hydrogens (primary N) is 1. The third-order valence-corrected chi connectivity index (χ3v) is 6.60. The van der Waals surface area contributed by atoms with Crippen LogP contribution >= 0.6 is 0 Å². The Kier molecular flexibility index (Phi) is 6.30. The predicted octanol–water partition coefficient (Wildman–Crippen LogP) is 3.75. The molecule has 0 saturated carbocycles. The van der Waals surface area contributed by atoms with Gasteiger partial charge in [-0.1, -0.05) is 18.2 Å². The Morgan fingerprint density at radius 2 is 1.94 bits per heavy atom. The number of carbonyl (C=O) groups excluding carboxylic acids is 2. The first-order valence-corrected chi connectivity index (χ1v) is 11.7. The van der Waals surface area contributed by atoms with E-state index in [2.05, 4.69) is 27.4 Å². The summed E-state index contributed by atoms with van der Waals surface area (Å²) in [5.74, 6) is 0.395. The van der Waals surface area contributed by atoms with Crippen LogP contribution in [0.15, 0.2) is 67.0 Å². The highest BCUT2D eigenvalue weighted by molar-refractivity contribution is 6.02. The minimum absolute atomic E-state index is 0.0195. The normalized spacial score (nSPS) is 13.4. The number of carbonyl (C=O) groups is 2. The Balaban J connectivity index is 1.34. The second-order valence-corrected chi connectivity index (χ2v) is 8.90. The second kappa shape index (κ2) is 9.71. The van der Waals surface area contributed by atoms with Crippen molar-refractivity contribution in [3.63, 3.8) is 0 Å². The molecule has 2 aromatic heterocycles. The lowest BCUT2D eigenvalue weighted by molar-refractivity contribution is -0.139. The molecule has 0 atom stereocenters. The van der Waals surface area contributed by atoms with Crippen LogP contribution in [0, 0.1) is 0 Å². The molecule has 0 radical (unpaired) electrons. The number of anilines is 4. The van der Waals surface area contributed by atoms with Crippen molar-refractivity contribution >= 4 is 45.6 Å². The number of ether oxygens (including phenoxy) is 1. The number of hydrogen-bond donors (Lipinski definition) is 3. The summed E-state index contributed by atoms with van der Waals surface area (Å²) >= 11 is 0. The lowest BCUT2D eigenvalue weighted by atomic mass is 9.91. The van der Waals surface area contributed by atoms with Gasteiger partial charge in [-0.2, -0.15) is 0 Å². The highest BCUT2D eigenvalue weighted by Gasteiger charge is 2.31. The number of rotatable bonds is 8. The number of H-pyrrole nitrogens is 1. The van der Waals surface area contributed by atoms with Crippen molar-refractivity contribution in [2.75, 3.05) is 44.1 Å². The maximum Gasteiger partial charge on any atom is 0.252 e. The largest absolute Gasteiger partial charge is 0.375 e. The number of aromatic amines is 1. The number of amides is 2. The van der Waals surface area contributed by atoms with E-state index in [9.17, 15) is 9.59 Å². The highest BCUT2D eigenvalue weighted by atomic mass is 16.5. The summed E-state index contributed by atoms with van der Waals surface area (Å²) in [6, 6.07) is 17.9. The number of methoxy groups -OCH3 is 1. The van der Waals surface area contributed by atoms with Gasteiger partial charge in [0.25, 0.3) is 5.91 Å². The van der Waals surface area contributed by atoms with Crippen LogP contribution < -0.4 is 16.0 Å². The number of benzene rings is 2. The maximum atomic E-state index is 12.2. The van der Waals surface area contributed by atoms with Crippen LogP contribution in [-0.4, -0.2) is 60.5 Å². The zero-order valence-electron chi connectivity index (χ0n) is 20.2. The molecule has 1 saturated heterocycles. The molecule has 2 aromatic carbocycles. The molecule has 0 unspecified atom stereocenters. The molecule has 1 fully saturated rings. The molecule has 4 N–H and O–H groups in total. The number of hydrogen-bond acceptors (Lipinski definition) is 6. The summed E-state index contributed by atoms with van der Waals surface area (Å²) in [5.41, 5.74) is 10.7. The molecular weight excluding hydrogens is 456 g/mol. The van der Waals surface area contributed by atoms with Gasteiger partial charge in [0.1, 0.15) is 12.4 Å². The van der Waals surface area contributed by atoms with E-state index in [-0.39, 0.29) is 12.5 Å². The lowest BCUT2D eigenvalue weighted by Gasteiger charge is -2.39. The van der Waals surface area contributed by atoms with Crippen LogP contribution in [0.2, 0.25) is 0 Å². The summed E-state index contributed by atoms with van der Waals surface area (Å²) in [5, 5.41) is 4.36. The molecule has 3 heterocycles. The van der Waals surface area contributed by atoms with Crippen LogP contribution in [0.4, 0.5) is 22.9 Å². The van der Waals surface area contributed by atoms with Gasteiger partial charge in [0.2, 0.25) is 5.91 Å². The van der Waals surface area contributed by atoms with E-state index >= 15 is 0 Å². The lowest BCUT2D eigenvalue weighted by Crippen LogP contribution is -2.49. The molecule has 0 aliphatic carbocycles. The van der Waals surface area contributed by atoms with Crippen molar-refractivity contribution in [2.24, 2.45) is 5.73 Å². The summed E-state index contributed by atoms with van der Waals surface area (Å²) in [6.45, 7) is 1.53. The molecule has 4 aromatic rings. The number of nitrogens with one attached hydrogen (secondary N) is 2. The van der Waals surface area contributed by atoms with E-state index in [4.69, 9.17) is 10.5 Å². The van der Waals surface area contributed by atoms with Crippen molar-refractivity contribution in [3.8, 4) is 0 Å². The minimum atomic E-state index is -0.542. The van der Waals surface area contributed by atoms with E-state index in [0.29, 0.717) is 36.1 Å². The fraction of sp³-hybridized carbons (Fsp3) is 0.222. The molecule has 5 rings (SSSR count). The van der Waals surface area contributed by atoms with Gasteiger partial charge in [0, 0.05) is 68.2 Å².